The second-order valence-corrected chi connectivity index (χ2v) is 4.97. The monoisotopic (exact) mass is 266 g/mol. The molecule has 2 aromatic carbocycles. The molecule has 1 N–H and O–H groups in total. The molecule has 20 heavy (non-hydrogen) atoms. The number of aliphatic hydroxyl groups excluding tert-OH is 1. The SMILES string of the molecule is CCc1nccn1CC(O)c1ccc2ccccc2c1. The molecule has 3 rings (SSSR count). The number of hydrogen-bond donors (Lipinski definition) is 1. The van der Waals surface area contributed by atoms with E-state index in [0.717, 1.165) is 23.2 Å². The Hall–Kier alpha value is -2.13. The highest BCUT2D eigenvalue weighted by Crippen LogP contribution is 2.21. The van der Waals surface area contributed by atoms with Gasteiger partial charge in [-0.3, -0.25) is 0 Å². The molecule has 3 nitrogen and oxygen atoms in total. The topological polar surface area (TPSA) is 38.0 Å². The van der Waals surface area contributed by atoms with Gasteiger partial charge in [0.1, 0.15) is 5.82 Å². The molecule has 0 radical (unpaired) electrons. The summed E-state index contributed by atoms with van der Waals surface area (Å²) in [6.07, 6.45) is 4.06. The van der Waals surface area contributed by atoms with E-state index in [1.165, 1.54) is 5.39 Å². The van der Waals surface area contributed by atoms with Gasteiger partial charge < -0.3 is 9.67 Å². The summed E-state index contributed by atoms with van der Waals surface area (Å²) in [7, 11) is 0. The van der Waals surface area contributed by atoms with Gasteiger partial charge in [0.2, 0.25) is 0 Å². The number of hydrogen-bond acceptors (Lipinski definition) is 2. The van der Waals surface area contributed by atoms with Gasteiger partial charge in [0, 0.05) is 18.8 Å². The van der Waals surface area contributed by atoms with E-state index in [1.807, 2.05) is 29.0 Å². The highest BCUT2D eigenvalue weighted by Gasteiger charge is 2.11. The van der Waals surface area contributed by atoms with Crippen LogP contribution in [-0.4, -0.2) is 14.7 Å². The average Bonchev–Trinajstić information content (AvgIpc) is 2.94. The molecule has 0 spiro atoms. The average molecular weight is 266 g/mol. The molecule has 102 valence electrons. The van der Waals surface area contributed by atoms with Crippen molar-refractivity contribution in [1.82, 2.24) is 9.55 Å². The molecule has 0 aliphatic heterocycles. The Labute approximate surface area is 118 Å². The molecule has 3 aromatic rings. The number of rotatable bonds is 4. The Kier molecular flexibility index (Phi) is 3.52. The molecule has 0 aliphatic carbocycles. The highest BCUT2D eigenvalue weighted by molar-refractivity contribution is 5.83. The normalized spacial score (nSPS) is 12.7. The first-order chi connectivity index (χ1) is 9.78. The third kappa shape index (κ3) is 2.45. The minimum Gasteiger partial charge on any atom is -0.387 e. The van der Waals surface area contributed by atoms with E-state index in [2.05, 4.69) is 36.2 Å². The number of aryl methyl sites for hydroxylation is 1. The second kappa shape index (κ2) is 5.47. The summed E-state index contributed by atoms with van der Waals surface area (Å²) in [6.45, 7) is 2.61. The number of benzene rings is 2. The van der Waals surface area contributed by atoms with E-state index < -0.39 is 6.10 Å². The fourth-order valence-corrected chi connectivity index (χ4v) is 2.53. The van der Waals surface area contributed by atoms with Crippen LogP contribution in [0.4, 0.5) is 0 Å². The maximum atomic E-state index is 10.4. The van der Waals surface area contributed by atoms with Gasteiger partial charge in [-0.15, -0.1) is 0 Å². The summed E-state index contributed by atoms with van der Waals surface area (Å²) in [5.41, 5.74) is 0.944. The van der Waals surface area contributed by atoms with Crippen LogP contribution in [0.25, 0.3) is 10.8 Å². The molecule has 0 fully saturated rings. The van der Waals surface area contributed by atoms with Crippen molar-refractivity contribution in [2.45, 2.75) is 26.0 Å². The van der Waals surface area contributed by atoms with E-state index in [1.54, 1.807) is 6.20 Å². The lowest BCUT2D eigenvalue weighted by Crippen LogP contribution is -2.10. The van der Waals surface area contributed by atoms with Crippen molar-refractivity contribution in [3.05, 3.63) is 66.2 Å². The Balaban J connectivity index is 1.86. The molecule has 0 saturated heterocycles. The lowest BCUT2D eigenvalue weighted by atomic mass is 10.0. The Morgan fingerprint density at radius 3 is 2.75 bits per heavy atom. The zero-order valence-corrected chi connectivity index (χ0v) is 11.5. The molecule has 1 heterocycles. The van der Waals surface area contributed by atoms with Crippen LogP contribution < -0.4 is 0 Å². The third-order valence-electron chi connectivity index (χ3n) is 3.65. The fourth-order valence-electron chi connectivity index (χ4n) is 2.53. The largest absolute Gasteiger partial charge is 0.387 e. The molecule has 0 bridgehead atoms. The van der Waals surface area contributed by atoms with Gasteiger partial charge in [-0.25, -0.2) is 4.98 Å². The van der Waals surface area contributed by atoms with Crippen LogP contribution in [0, 0.1) is 0 Å². The maximum Gasteiger partial charge on any atom is 0.108 e. The molecular formula is C17H18N2O. The first-order valence-electron chi connectivity index (χ1n) is 6.94. The summed E-state index contributed by atoms with van der Waals surface area (Å²) in [6, 6.07) is 14.3. The Bertz CT molecular complexity index is 718. The summed E-state index contributed by atoms with van der Waals surface area (Å²) < 4.78 is 2.01. The lowest BCUT2D eigenvalue weighted by molar-refractivity contribution is 0.155. The van der Waals surface area contributed by atoms with Crippen molar-refractivity contribution in [3.63, 3.8) is 0 Å². The summed E-state index contributed by atoms with van der Waals surface area (Å²) in [5.74, 6) is 1.00. The maximum absolute atomic E-state index is 10.4. The van der Waals surface area contributed by atoms with Gasteiger partial charge in [0.25, 0.3) is 0 Å². The van der Waals surface area contributed by atoms with Crippen LogP contribution >= 0.6 is 0 Å². The van der Waals surface area contributed by atoms with Gasteiger partial charge in [-0.2, -0.15) is 0 Å². The molecule has 0 amide bonds. The van der Waals surface area contributed by atoms with Crippen molar-refractivity contribution in [2.75, 3.05) is 0 Å². The number of aliphatic hydroxyl groups is 1. The van der Waals surface area contributed by atoms with Crippen molar-refractivity contribution < 1.29 is 5.11 Å². The smallest absolute Gasteiger partial charge is 0.108 e. The zero-order valence-electron chi connectivity index (χ0n) is 11.5. The van der Waals surface area contributed by atoms with Gasteiger partial charge in [-0.1, -0.05) is 43.3 Å². The summed E-state index contributed by atoms with van der Waals surface area (Å²) in [4.78, 5) is 4.28. The van der Waals surface area contributed by atoms with Crippen molar-refractivity contribution in [2.24, 2.45) is 0 Å². The van der Waals surface area contributed by atoms with Crippen molar-refractivity contribution >= 4 is 10.8 Å². The quantitative estimate of drug-likeness (QED) is 0.786. The molecular weight excluding hydrogens is 248 g/mol. The standard InChI is InChI=1S/C17H18N2O/c1-2-17-18-9-10-19(17)12-16(20)15-8-7-13-5-3-4-6-14(13)11-15/h3-11,16,20H,2,12H2,1H3. The van der Waals surface area contributed by atoms with E-state index >= 15 is 0 Å². The number of fused-ring (bicyclic) bond motifs is 1. The molecule has 1 atom stereocenters. The fraction of sp³-hybridized carbons (Fsp3) is 0.235. The lowest BCUT2D eigenvalue weighted by Gasteiger charge is -2.14. The minimum atomic E-state index is -0.515. The van der Waals surface area contributed by atoms with Crippen molar-refractivity contribution in [1.29, 1.82) is 0 Å². The summed E-state index contributed by atoms with van der Waals surface area (Å²) >= 11 is 0. The first-order valence-corrected chi connectivity index (χ1v) is 6.94. The third-order valence-corrected chi connectivity index (χ3v) is 3.65. The van der Waals surface area contributed by atoms with Crippen molar-refractivity contribution in [3.8, 4) is 0 Å². The van der Waals surface area contributed by atoms with Crippen LogP contribution in [0.1, 0.15) is 24.4 Å². The Morgan fingerprint density at radius 1 is 1.15 bits per heavy atom. The van der Waals surface area contributed by atoms with Crippen LogP contribution in [0.3, 0.4) is 0 Å². The minimum absolute atomic E-state index is 0.515. The predicted molar refractivity (Wildman–Crippen MR) is 80.5 cm³/mol. The summed E-state index contributed by atoms with van der Waals surface area (Å²) in [5, 5.41) is 12.8. The first kappa shape index (κ1) is 12.9. The van der Waals surface area contributed by atoms with Gasteiger partial charge in [0.05, 0.1) is 12.6 Å². The zero-order chi connectivity index (χ0) is 13.9. The number of aromatic nitrogens is 2. The van der Waals surface area contributed by atoms with Gasteiger partial charge in [0.15, 0.2) is 0 Å². The van der Waals surface area contributed by atoms with Crippen LogP contribution in [-0.2, 0) is 13.0 Å². The molecule has 0 aliphatic rings. The molecule has 1 aromatic heterocycles. The molecule has 1 unspecified atom stereocenters. The highest BCUT2D eigenvalue weighted by atomic mass is 16.3. The van der Waals surface area contributed by atoms with Crippen LogP contribution in [0.2, 0.25) is 0 Å². The van der Waals surface area contributed by atoms with Gasteiger partial charge in [-0.05, 0) is 22.4 Å². The molecule has 3 heteroatoms. The van der Waals surface area contributed by atoms with Gasteiger partial charge >= 0.3 is 0 Å². The second-order valence-electron chi connectivity index (χ2n) is 4.97. The Morgan fingerprint density at radius 2 is 1.95 bits per heavy atom. The van der Waals surface area contributed by atoms with E-state index in [9.17, 15) is 5.11 Å². The van der Waals surface area contributed by atoms with Crippen LogP contribution in [0.15, 0.2) is 54.9 Å². The number of nitrogens with zero attached hydrogens (tertiary/aromatic N) is 2. The van der Waals surface area contributed by atoms with Crippen LogP contribution in [0.5, 0.6) is 0 Å². The van der Waals surface area contributed by atoms with E-state index in [0.29, 0.717) is 6.54 Å². The molecule has 0 saturated carbocycles. The van der Waals surface area contributed by atoms with E-state index in [4.69, 9.17) is 0 Å². The number of imidazole rings is 1. The predicted octanol–water partition coefficient (Wildman–Crippen LogP) is 3.33. The van der Waals surface area contributed by atoms with E-state index in [-0.39, 0.29) is 0 Å².